The molecule has 1 amide bonds. The third-order valence-corrected chi connectivity index (χ3v) is 3.00. The lowest BCUT2D eigenvalue weighted by atomic mass is 10.2. The molecule has 0 radical (unpaired) electrons. The second-order valence-corrected chi connectivity index (χ2v) is 4.69. The van der Waals surface area contributed by atoms with Crippen molar-refractivity contribution in [2.24, 2.45) is 4.99 Å². The lowest BCUT2D eigenvalue weighted by Gasteiger charge is -2.12. The summed E-state index contributed by atoms with van der Waals surface area (Å²) in [5.41, 5.74) is 0.984. The first-order chi connectivity index (χ1) is 11.1. The van der Waals surface area contributed by atoms with Gasteiger partial charge < -0.3 is 25.4 Å². The molecule has 23 heavy (non-hydrogen) atoms. The van der Waals surface area contributed by atoms with Gasteiger partial charge in [0.15, 0.2) is 17.5 Å². The molecular formula is C16H26N4O3. The molecule has 0 bridgehead atoms. The van der Waals surface area contributed by atoms with Gasteiger partial charge in [0, 0.05) is 13.1 Å². The van der Waals surface area contributed by atoms with Gasteiger partial charge in [-0.25, -0.2) is 4.99 Å². The largest absolute Gasteiger partial charge is 0.493 e. The molecule has 0 unspecified atom stereocenters. The van der Waals surface area contributed by atoms with Crippen LogP contribution in [0.1, 0.15) is 19.4 Å². The molecule has 0 fully saturated rings. The minimum atomic E-state index is -0.0655. The van der Waals surface area contributed by atoms with E-state index >= 15 is 0 Å². The highest BCUT2D eigenvalue weighted by molar-refractivity contribution is 5.86. The first-order valence-electron chi connectivity index (χ1n) is 7.64. The maximum atomic E-state index is 11.5. The molecule has 0 aromatic heterocycles. The minimum absolute atomic E-state index is 0.0655. The van der Waals surface area contributed by atoms with Gasteiger partial charge in [-0.1, -0.05) is 6.07 Å². The van der Waals surface area contributed by atoms with Crippen LogP contribution in [0, 0.1) is 0 Å². The Hall–Kier alpha value is -2.44. The van der Waals surface area contributed by atoms with Gasteiger partial charge >= 0.3 is 0 Å². The van der Waals surface area contributed by atoms with Crippen molar-refractivity contribution in [2.45, 2.75) is 20.4 Å². The maximum Gasteiger partial charge on any atom is 0.239 e. The summed E-state index contributed by atoms with van der Waals surface area (Å²) in [4.78, 5) is 16.0. The first kappa shape index (κ1) is 18.6. The summed E-state index contributed by atoms with van der Waals surface area (Å²) in [5.74, 6) is 1.87. The van der Waals surface area contributed by atoms with E-state index in [0.29, 0.717) is 37.1 Å². The summed E-state index contributed by atoms with van der Waals surface area (Å²) in [5, 5.41) is 8.83. The molecule has 7 heteroatoms. The third-order valence-electron chi connectivity index (χ3n) is 3.00. The Morgan fingerprint density at radius 2 is 1.74 bits per heavy atom. The number of benzene rings is 1. The molecule has 0 saturated carbocycles. The van der Waals surface area contributed by atoms with Crippen LogP contribution >= 0.6 is 0 Å². The van der Waals surface area contributed by atoms with Crippen molar-refractivity contribution in [3.8, 4) is 11.5 Å². The monoisotopic (exact) mass is 322 g/mol. The average Bonchev–Trinajstić information content (AvgIpc) is 2.57. The molecule has 1 aromatic rings. The summed E-state index contributed by atoms with van der Waals surface area (Å²) >= 11 is 0. The Balaban J connectivity index is 2.71. The summed E-state index contributed by atoms with van der Waals surface area (Å²) in [6, 6.07) is 5.66. The summed E-state index contributed by atoms with van der Waals surface area (Å²) in [6.07, 6.45) is 0. The van der Waals surface area contributed by atoms with E-state index < -0.39 is 0 Å². The molecule has 0 aliphatic heterocycles. The van der Waals surface area contributed by atoms with Gasteiger partial charge in [-0.05, 0) is 31.5 Å². The van der Waals surface area contributed by atoms with Crippen LogP contribution in [0.15, 0.2) is 23.2 Å². The molecular weight excluding hydrogens is 296 g/mol. The molecule has 1 rings (SSSR count). The second-order valence-electron chi connectivity index (χ2n) is 4.69. The Kier molecular flexibility index (Phi) is 8.34. The van der Waals surface area contributed by atoms with E-state index in [9.17, 15) is 4.79 Å². The first-order valence-corrected chi connectivity index (χ1v) is 7.64. The number of hydrogen-bond acceptors (Lipinski definition) is 4. The van der Waals surface area contributed by atoms with E-state index in [4.69, 9.17) is 9.47 Å². The van der Waals surface area contributed by atoms with E-state index in [1.807, 2.05) is 32.0 Å². The smallest absolute Gasteiger partial charge is 0.239 e. The van der Waals surface area contributed by atoms with Crippen molar-refractivity contribution in [2.75, 3.05) is 33.9 Å². The molecule has 3 N–H and O–H groups in total. The standard InChI is InChI=1S/C16H26N4O3/c1-5-17-15(21)11-20-16(18-6-2)19-10-12-7-8-13(22-3)14(9-12)23-4/h7-9H,5-6,10-11H2,1-4H3,(H,17,21)(H2,18,19,20). The molecule has 0 aliphatic carbocycles. The number of amides is 1. The number of carbonyl (C=O) groups is 1. The number of methoxy groups -OCH3 is 2. The number of likely N-dealkylation sites (N-methyl/N-ethyl adjacent to an activating group) is 1. The SMILES string of the molecule is CCNC(=O)CNC(=NCc1ccc(OC)c(OC)c1)NCC. The third kappa shape index (κ3) is 6.46. The number of guanidine groups is 1. The van der Waals surface area contributed by atoms with E-state index in [1.165, 1.54) is 0 Å². The molecule has 0 heterocycles. The zero-order valence-corrected chi connectivity index (χ0v) is 14.2. The molecule has 0 spiro atoms. The predicted molar refractivity (Wildman–Crippen MR) is 91.0 cm³/mol. The summed E-state index contributed by atoms with van der Waals surface area (Å²) in [7, 11) is 3.20. The highest BCUT2D eigenvalue weighted by Gasteiger charge is 2.05. The van der Waals surface area contributed by atoms with Crippen LogP contribution in [0.4, 0.5) is 0 Å². The number of carbonyl (C=O) groups excluding carboxylic acids is 1. The van der Waals surface area contributed by atoms with Crippen LogP contribution in [0.5, 0.6) is 11.5 Å². The van der Waals surface area contributed by atoms with Crippen molar-refractivity contribution in [1.29, 1.82) is 0 Å². The van der Waals surface area contributed by atoms with Crippen molar-refractivity contribution in [3.63, 3.8) is 0 Å². The number of nitrogens with zero attached hydrogens (tertiary/aromatic N) is 1. The number of ether oxygens (including phenoxy) is 2. The van der Waals surface area contributed by atoms with Gasteiger partial charge in [-0.15, -0.1) is 0 Å². The zero-order chi connectivity index (χ0) is 17.1. The van der Waals surface area contributed by atoms with Gasteiger partial charge in [0.1, 0.15) is 0 Å². The Labute approximate surface area is 137 Å². The minimum Gasteiger partial charge on any atom is -0.493 e. The molecule has 1 aromatic carbocycles. The van der Waals surface area contributed by atoms with Crippen molar-refractivity contribution in [3.05, 3.63) is 23.8 Å². The van der Waals surface area contributed by atoms with Gasteiger partial charge in [0.2, 0.25) is 5.91 Å². The van der Waals surface area contributed by atoms with Crippen molar-refractivity contribution < 1.29 is 14.3 Å². The van der Waals surface area contributed by atoms with Gasteiger partial charge in [-0.2, -0.15) is 0 Å². The molecule has 0 aliphatic rings. The number of aliphatic imine (C=N–C) groups is 1. The average molecular weight is 322 g/mol. The van der Waals surface area contributed by atoms with Crippen LogP contribution in [-0.4, -0.2) is 45.7 Å². The topological polar surface area (TPSA) is 84.0 Å². The number of hydrogen-bond donors (Lipinski definition) is 3. The van der Waals surface area contributed by atoms with Crippen LogP contribution in [0.3, 0.4) is 0 Å². The van der Waals surface area contributed by atoms with Crippen LogP contribution in [-0.2, 0) is 11.3 Å². The fraction of sp³-hybridized carbons (Fsp3) is 0.500. The lowest BCUT2D eigenvalue weighted by molar-refractivity contribution is -0.119. The molecule has 0 saturated heterocycles. The fourth-order valence-electron chi connectivity index (χ4n) is 1.91. The number of rotatable bonds is 8. The van der Waals surface area contributed by atoms with Crippen LogP contribution in [0.25, 0.3) is 0 Å². The van der Waals surface area contributed by atoms with E-state index in [0.717, 1.165) is 5.56 Å². The molecule has 7 nitrogen and oxygen atoms in total. The van der Waals surface area contributed by atoms with Crippen molar-refractivity contribution >= 4 is 11.9 Å². The fourth-order valence-corrected chi connectivity index (χ4v) is 1.91. The highest BCUT2D eigenvalue weighted by atomic mass is 16.5. The van der Waals surface area contributed by atoms with Gasteiger partial charge in [0.25, 0.3) is 0 Å². The van der Waals surface area contributed by atoms with Crippen LogP contribution < -0.4 is 25.4 Å². The predicted octanol–water partition coefficient (Wildman–Crippen LogP) is 0.895. The molecule has 0 atom stereocenters. The lowest BCUT2D eigenvalue weighted by Crippen LogP contribution is -2.43. The Bertz CT molecular complexity index is 532. The van der Waals surface area contributed by atoms with Gasteiger partial charge in [0.05, 0.1) is 27.3 Å². The van der Waals surface area contributed by atoms with Crippen molar-refractivity contribution in [1.82, 2.24) is 16.0 Å². The molecule has 128 valence electrons. The second kappa shape index (κ2) is 10.3. The van der Waals surface area contributed by atoms with Crippen LogP contribution in [0.2, 0.25) is 0 Å². The summed E-state index contributed by atoms with van der Waals surface area (Å²) < 4.78 is 10.5. The zero-order valence-electron chi connectivity index (χ0n) is 14.2. The quantitative estimate of drug-likeness (QED) is 0.489. The van der Waals surface area contributed by atoms with E-state index in [2.05, 4.69) is 20.9 Å². The van der Waals surface area contributed by atoms with Gasteiger partial charge in [-0.3, -0.25) is 4.79 Å². The highest BCUT2D eigenvalue weighted by Crippen LogP contribution is 2.27. The number of nitrogens with one attached hydrogen (secondary N) is 3. The Morgan fingerprint density at radius 3 is 2.35 bits per heavy atom. The summed E-state index contributed by atoms with van der Waals surface area (Å²) in [6.45, 7) is 5.83. The van der Waals surface area contributed by atoms with E-state index in [-0.39, 0.29) is 12.5 Å². The van der Waals surface area contributed by atoms with E-state index in [1.54, 1.807) is 14.2 Å². The Morgan fingerprint density at radius 1 is 1.04 bits per heavy atom. The maximum absolute atomic E-state index is 11.5. The normalized spacial score (nSPS) is 10.9.